The van der Waals surface area contributed by atoms with E-state index in [1.54, 1.807) is 0 Å². The van der Waals surface area contributed by atoms with Gasteiger partial charge in [-0.2, -0.15) is 5.10 Å². The Morgan fingerprint density at radius 3 is 2.42 bits per heavy atom. The first kappa shape index (κ1) is 9.39. The Balaban J connectivity index is 3.28. The van der Waals surface area contributed by atoms with Gasteiger partial charge in [0.15, 0.2) is 0 Å². The molecule has 0 amide bonds. The minimum atomic E-state index is 0.0869. The lowest BCUT2D eigenvalue weighted by atomic mass is 9.89. The van der Waals surface area contributed by atoms with Crippen LogP contribution in [0.2, 0.25) is 0 Å². The Morgan fingerprint density at radius 2 is 2.00 bits per heavy atom. The first-order valence-electron chi connectivity index (χ1n) is 3.98. The fraction of sp³-hybridized carbons (Fsp3) is 0.556. The molecule has 0 fully saturated rings. The molecule has 1 N–H and O–H groups in total. The van der Waals surface area contributed by atoms with Gasteiger partial charge in [-0.15, -0.1) is 0 Å². The number of rotatable bonds is 0. The molecule has 0 aliphatic rings. The number of nitrogens with zero attached hydrogens (tertiary/aromatic N) is 1. The summed E-state index contributed by atoms with van der Waals surface area (Å²) in [7, 11) is 0. The zero-order valence-electron chi connectivity index (χ0n) is 7.93. The maximum Gasteiger partial charge on any atom is 0.119 e. The molecule has 0 aromatic carbocycles. The third-order valence-electron chi connectivity index (χ3n) is 1.71. The molecule has 2 nitrogen and oxygen atoms in total. The minimum Gasteiger partial charge on any atom is -0.267 e. The fourth-order valence-electron chi connectivity index (χ4n) is 1.26. The molecule has 0 bridgehead atoms. The second-order valence-corrected chi connectivity index (χ2v) is 4.45. The molecule has 1 rings (SSSR count). The molecule has 1 aromatic rings. The van der Waals surface area contributed by atoms with Gasteiger partial charge in [0, 0.05) is 5.41 Å². The average Bonchev–Trinajstić information content (AvgIpc) is 1.83. The predicted molar refractivity (Wildman–Crippen MR) is 52.9 cm³/mol. The Labute approximate surface area is 78.0 Å². The molecule has 3 heteroatoms. The van der Waals surface area contributed by atoms with Crippen molar-refractivity contribution in [2.75, 3.05) is 0 Å². The number of hydrogen-bond acceptors (Lipinski definition) is 2. The summed E-state index contributed by atoms with van der Waals surface area (Å²) in [5, 5.41) is 7.03. The van der Waals surface area contributed by atoms with Crippen molar-refractivity contribution in [1.29, 1.82) is 0 Å². The maximum atomic E-state index is 4.96. The van der Waals surface area contributed by atoms with E-state index in [4.69, 9.17) is 12.2 Å². The van der Waals surface area contributed by atoms with Crippen LogP contribution in [0, 0.1) is 11.6 Å². The van der Waals surface area contributed by atoms with Crippen LogP contribution in [0.15, 0.2) is 6.07 Å². The molecular weight excluding hydrogens is 168 g/mol. The van der Waals surface area contributed by atoms with Gasteiger partial charge in [0.05, 0.1) is 5.69 Å². The molecule has 0 aliphatic carbocycles. The molecule has 1 aromatic heterocycles. The average molecular weight is 182 g/mol. The van der Waals surface area contributed by atoms with Crippen LogP contribution >= 0.6 is 12.2 Å². The second kappa shape index (κ2) is 2.98. The molecule has 1 heterocycles. The van der Waals surface area contributed by atoms with Crippen molar-refractivity contribution in [2.45, 2.75) is 33.1 Å². The fourth-order valence-corrected chi connectivity index (χ4v) is 1.48. The summed E-state index contributed by atoms with van der Waals surface area (Å²) < 4.78 is 0.695. The van der Waals surface area contributed by atoms with Gasteiger partial charge in [0.2, 0.25) is 0 Å². The van der Waals surface area contributed by atoms with Crippen molar-refractivity contribution in [2.24, 2.45) is 0 Å². The van der Waals surface area contributed by atoms with Gasteiger partial charge < -0.3 is 0 Å². The van der Waals surface area contributed by atoms with Crippen molar-refractivity contribution >= 4 is 12.2 Å². The molecule has 0 spiro atoms. The Morgan fingerprint density at radius 1 is 1.42 bits per heavy atom. The summed E-state index contributed by atoms with van der Waals surface area (Å²) in [5.41, 5.74) is 2.33. The number of aromatic amines is 1. The maximum absolute atomic E-state index is 4.96. The number of nitrogens with one attached hydrogen (secondary N) is 1. The first-order chi connectivity index (χ1) is 5.41. The molecule has 12 heavy (non-hydrogen) atoms. The van der Waals surface area contributed by atoms with Crippen LogP contribution in [0.1, 0.15) is 32.0 Å². The normalized spacial score (nSPS) is 11.7. The molecular formula is C9H14N2S. The van der Waals surface area contributed by atoms with Gasteiger partial charge in [-0.3, -0.25) is 5.10 Å². The summed E-state index contributed by atoms with van der Waals surface area (Å²) in [6.07, 6.45) is 0. The number of hydrogen-bond donors (Lipinski definition) is 1. The lowest BCUT2D eigenvalue weighted by Crippen LogP contribution is -2.16. The van der Waals surface area contributed by atoms with Gasteiger partial charge in [-0.05, 0) is 18.6 Å². The van der Waals surface area contributed by atoms with E-state index >= 15 is 0 Å². The van der Waals surface area contributed by atoms with Crippen LogP contribution in [0.25, 0.3) is 0 Å². The highest BCUT2D eigenvalue weighted by molar-refractivity contribution is 7.71. The minimum absolute atomic E-state index is 0.0869. The molecule has 0 saturated heterocycles. The highest BCUT2D eigenvalue weighted by Crippen LogP contribution is 2.21. The van der Waals surface area contributed by atoms with Crippen molar-refractivity contribution in [1.82, 2.24) is 10.2 Å². The third kappa shape index (κ3) is 1.91. The number of H-pyrrole nitrogens is 1. The summed E-state index contributed by atoms with van der Waals surface area (Å²) in [6, 6.07) is 1.95. The standard InChI is InChI=1S/C9H14N2S/c1-6-5-7(12)10-11-8(6)9(2,3)4/h5H,1-4H3,(H,10,12). The van der Waals surface area contributed by atoms with Crippen LogP contribution in [-0.2, 0) is 5.41 Å². The van der Waals surface area contributed by atoms with Crippen molar-refractivity contribution in [3.63, 3.8) is 0 Å². The van der Waals surface area contributed by atoms with Gasteiger partial charge in [0.25, 0.3) is 0 Å². The smallest absolute Gasteiger partial charge is 0.119 e. The van der Waals surface area contributed by atoms with Crippen molar-refractivity contribution in [3.8, 4) is 0 Å². The summed E-state index contributed by atoms with van der Waals surface area (Å²) >= 11 is 4.96. The van der Waals surface area contributed by atoms with E-state index in [0.717, 1.165) is 11.3 Å². The van der Waals surface area contributed by atoms with Crippen LogP contribution in [0.4, 0.5) is 0 Å². The van der Waals surface area contributed by atoms with Gasteiger partial charge in [-0.25, -0.2) is 0 Å². The van der Waals surface area contributed by atoms with Gasteiger partial charge in [0.1, 0.15) is 4.64 Å². The third-order valence-corrected chi connectivity index (χ3v) is 1.92. The van der Waals surface area contributed by atoms with E-state index in [-0.39, 0.29) is 5.41 Å². The molecule has 0 radical (unpaired) electrons. The lowest BCUT2D eigenvalue weighted by Gasteiger charge is -2.18. The zero-order valence-corrected chi connectivity index (χ0v) is 8.75. The zero-order chi connectivity index (χ0) is 9.35. The van der Waals surface area contributed by atoms with Crippen molar-refractivity contribution in [3.05, 3.63) is 22.0 Å². The number of aromatic nitrogens is 2. The van der Waals surface area contributed by atoms with Gasteiger partial charge in [-0.1, -0.05) is 33.0 Å². The quantitative estimate of drug-likeness (QED) is 0.625. The molecule has 0 aliphatic heterocycles. The van der Waals surface area contributed by atoms with E-state index in [9.17, 15) is 0 Å². The van der Waals surface area contributed by atoms with E-state index in [0.29, 0.717) is 4.64 Å². The van der Waals surface area contributed by atoms with Crippen molar-refractivity contribution < 1.29 is 0 Å². The van der Waals surface area contributed by atoms with Crippen LogP contribution in [-0.4, -0.2) is 10.2 Å². The monoisotopic (exact) mass is 182 g/mol. The van der Waals surface area contributed by atoms with E-state index in [1.165, 1.54) is 0 Å². The molecule has 0 atom stereocenters. The SMILES string of the molecule is Cc1cc(=S)[nH]nc1C(C)(C)C. The molecule has 0 unspecified atom stereocenters. The molecule has 66 valence electrons. The van der Waals surface area contributed by atoms with E-state index in [1.807, 2.05) is 13.0 Å². The Hall–Kier alpha value is -0.700. The van der Waals surface area contributed by atoms with Crippen LogP contribution in [0.5, 0.6) is 0 Å². The summed E-state index contributed by atoms with van der Waals surface area (Å²) in [6.45, 7) is 8.45. The van der Waals surface area contributed by atoms with E-state index < -0.39 is 0 Å². The first-order valence-corrected chi connectivity index (χ1v) is 4.39. The predicted octanol–water partition coefficient (Wildman–Crippen LogP) is 2.75. The summed E-state index contributed by atoms with van der Waals surface area (Å²) in [5.74, 6) is 0. The number of aryl methyl sites for hydroxylation is 1. The second-order valence-electron chi connectivity index (χ2n) is 4.01. The largest absolute Gasteiger partial charge is 0.267 e. The topological polar surface area (TPSA) is 28.7 Å². The van der Waals surface area contributed by atoms with E-state index in [2.05, 4.69) is 31.0 Å². The highest BCUT2D eigenvalue weighted by Gasteiger charge is 2.17. The molecule has 0 saturated carbocycles. The van der Waals surface area contributed by atoms with Crippen LogP contribution < -0.4 is 0 Å². The Kier molecular flexibility index (Phi) is 2.33. The highest BCUT2D eigenvalue weighted by atomic mass is 32.1. The summed E-state index contributed by atoms with van der Waals surface area (Å²) in [4.78, 5) is 0. The van der Waals surface area contributed by atoms with Crippen LogP contribution in [0.3, 0.4) is 0 Å². The lowest BCUT2D eigenvalue weighted by molar-refractivity contribution is 0.553. The van der Waals surface area contributed by atoms with Gasteiger partial charge >= 0.3 is 0 Å². The Bertz CT molecular complexity index is 333.